The molecule has 4 aromatic carbocycles. The van der Waals surface area contributed by atoms with Gasteiger partial charge in [-0.25, -0.2) is 14.1 Å². The number of carboxylic acid groups (broad SMARTS) is 1. The summed E-state index contributed by atoms with van der Waals surface area (Å²) < 4.78 is -0.446. The quantitative estimate of drug-likeness (QED) is 0.255. The van der Waals surface area contributed by atoms with Crippen LogP contribution in [-0.2, 0) is 29.2 Å². The van der Waals surface area contributed by atoms with Crippen LogP contribution in [-0.4, -0.2) is 44.5 Å². The molecule has 0 radical (unpaired) electrons. The van der Waals surface area contributed by atoms with Crippen molar-refractivity contribution < 1.29 is 24.0 Å². The lowest BCUT2D eigenvalue weighted by molar-refractivity contribution is -0.884. The van der Waals surface area contributed by atoms with Gasteiger partial charge in [-0.15, -0.1) is 0 Å². The highest BCUT2D eigenvalue weighted by Gasteiger charge is 2.62. The summed E-state index contributed by atoms with van der Waals surface area (Å²) in [5.74, 6) is -1.62. The summed E-state index contributed by atoms with van der Waals surface area (Å²) in [6.45, 7) is 2.47. The van der Waals surface area contributed by atoms with Gasteiger partial charge in [0, 0.05) is 17.7 Å². The topological polar surface area (TPSA) is 86.7 Å². The molecular formula is C34H34N3O4+. The van der Waals surface area contributed by atoms with Gasteiger partial charge in [0.25, 0.3) is 5.91 Å². The van der Waals surface area contributed by atoms with Crippen LogP contribution in [0.15, 0.2) is 121 Å². The molecule has 7 heteroatoms. The molecule has 0 saturated carbocycles. The lowest BCUT2D eigenvalue weighted by Crippen LogP contribution is -2.60. The monoisotopic (exact) mass is 548 g/mol. The summed E-state index contributed by atoms with van der Waals surface area (Å²) in [5.41, 5.74) is 3.46. The molecule has 7 nitrogen and oxygen atoms in total. The van der Waals surface area contributed by atoms with Crippen molar-refractivity contribution in [3.8, 4) is 0 Å². The van der Waals surface area contributed by atoms with E-state index in [2.05, 4.69) is 5.32 Å². The molecule has 0 aromatic heterocycles. The minimum absolute atomic E-state index is 0.134. The molecule has 3 atom stereocenters. The number of nitrogens with zero attached hydrogens (tertiary/aromatic N) is 2. The molecule has 1 aliphatic rings. The molecular weight excluding hydrogens is 514 g/mol. The van der Waals surface area contributed by atoms with Gasteiger partial charge in [0.1, 0.15) is 13.1 Å². The minimum Gasteiger partial charge on any atom is -0.477 e. The summed E-state index contributed by atoms with van der Waals surface area (Å²) >= 11 is 0. The molecule has 1 fully saturated rings. The Morgan fingerprint density at radius 3 is 1.66 bits per heavy atom. The summed E-state index contributed by atoms with van der Waals surface area (Å²) in [4.78, 5) is 43.2. The third kappa shape index (κ3) is 5.90. The number of carbonyl (C=O) groups excluding carboxylic acids is 2. The Labute approximate surface area is 240 Å². The summed E-state index contributed by atoms with van der Waals surface area (Å²) in [5, 5.41) is 13.5. The number of quaternary nitrogens is 1. The van der Waals surface area contributed by atoms with E-state index < -0.39 is 34.5 Å². The van der Waals surface area contributed by atoms with E-state index in [1.807, 2.05) is 128 Å². The van der Waals surface area contributed by atoms with E-state index in [0.717, 1.165) is 22.3 Å². The maximum Gasteiger partial charge on any atom is 0.418 e. The Morgan fingerprint density at radius 1 is 0.756 bits per heavy atom. The maximum atomic E-state index is 14.5. The van der Waals surface area contributed by atoms with Crippen LogP contribution in [0.1, 0.15) is 35.2 Å². The van der Waals surface area contributed by atoms with Crippen LogP contribution >= 0.6 is 0 Å². The van der Waals surface area contributed by atoms with E-state index in [1.54, 1.807) is 4.90 Å². The molecule has 1 aliphatic heterocycles. The third-order valence-corrected chi connectivity index (χ3v) is 7.89. The summed E-state index contributed by atoms with van der Waals surface area (Å²) in [7, 11) is 0. The zero-order chi connectivity index (χ0) is 28.8. The van der Waals surface area contributed by atoms with Crippen LogP contribution < -0.4 is 5.32 Å². The predicted octanol–water partition coefficient (Wildman–Crippen LogP) is 5.54. The number of benzene rings is 4. The largest absolute Gasteiger partial charge is 0.477 e. The van der Waals surface area contributed by atoms with Crippen LogP contribution in [0.2, 0.25) is 0 Å². The molecule has 0 aliphatic carbocycles. The molecule has 3 amide bonds. The number of hydrogen-bond donors (Lipinski definition) is 2. The molecule has 208 valence electrons. The van der Waals surface area contributed by atoms with Gasteiger partial charge in [-0.2, -0.15) is 0 Å². The first-order valence-electron chi connectivity index (χ1n) is 13.8. The van der Waals surface area contributed by atoms with Gasteiger partial charge in [-0.1, -0.05) is 121 Å². The average Bonchev–Trinajstić information content (AvgIpc) is 3.28. The number of carboxylic acids is 1. The van der Waals surface area contributed by atoms with E-state index in [1.165, 1.54) is 0 Å². The van der Waals surface area contributed by atoms with E-state index in [0.29, 0.717) is 0 Å². The number of nitrogens with one attached hydrogen (secondary N) is 1. The van der Waals surface area contributed by atoms with E-state index >= 15 is 0 Å². The van der Waals surface area contributed by atoms with Gasteiger partial charge in [-0.3, -0.25) is 10.1 Å². The highest BCUT2D eigenvalue weighted by Crippen LogP contribution is 2.34. The average molecular weight is 549 g/mol. The number of rotatable bonds is 10. The molecule has 0 spiro atoms. The maximum absolute atomic E-state index is 14.5. The molecule has 0 bridgehead atoms. The van der Waals surface area contributed by atoms with Crippen LogP contribution in [0.25, 0.3) is 0 Å². The first-order chi connectivity index (χ1) is 19.9. The second kappa shape index (κ2) is 12.2. The zero-order valence-electron chi connectivity index (χ0n) is 23.0. The van der Waals surface area contributed by atoms with Gasteiger partial charge >= 0.3 is 12.0 Å². The van der Waals surface area contributed by atoms with Crippen LogP contribution in [0.4, 0.5) is 4.79 Å². The predicted molar refractivity (Wildman–Crippen MR) is 156 cm³/mol. The van der Waals surface area contributed by atoms with Crippen LogP contribution in [0.3, 0.4) is 0 Å². The van der Waals surface area contributed by atoms with Crippen LogP contribution in [0, 0.1) is 0 Å². The summed E-state index contributed by atoms with van der Waals surface area (Å²) in [6.07, 6.45) is 0. The molecule has 41 heavy (non-hydrogen) atoms. The highest BCUT2D eigenvalue weighted by molar-refractivity contribution is 5.95. The molecule has 1 saturated heterocycles. The Morgan fingerprint density at radius 2 is 1.20 bits per heavy atom. The Bertz CT molecular complexity index is 1440. The lowest BCUT2D eigenvalue weighted by atomic mass is 9.99. The smallest absolute Gasteiger partial charge is 0.418 e. The van der Waals surface area contributed by atoms with Crippen molar-refractivity contribution in [2.45, 2.75) is 44.7 Å². The van der Waals surface area contributed by atoms with Crippen molar-refractivity contribution in [2.24, 2.45) is 0 Å². The van der Waals surface area contributed by atoms with E-state index in [9.17, 15) is 19.5 Å². The SMILES string of the molecule is CC(c1ccccc1)N(Cc1ccccc1)C(=O)C1NC(=O)[N+](Cc2ccccc2)(Cc2ccccc2)C1C(=O)O. The van der Waals surface area contributed by atoms with Crippen molar-refractivity contribution in [1.29, 1.82) is 0 Å². The third-order valence-electron chi connectivity index (χ3n) is 7.89. The van der Waals surface area contributed by atoms with Crippen molar-refractivity contribution >= 4 is 17.9 Å². The Balaban J connectivity index is 1.57. The number of amides is 3. The van der Waals surface area contributed by atoms with Gasteiger partial charge in [0.15, 0.2) is 6.04 Å². The second-order valence-electron chi connectivity index (χ2n) is 10.6. The van der Waals surface area contributed by atoms with Crippen molar-refractivity contribution in [3.63, 3.8) is 0 Å². The fourth-order valence-electron chi connectivity index (χ4n) is 5.79. The molecule has 4 aromatic rings. The van der Waals surface area contributed by atoms with E-state index in [4.69, 9.17) is 0 Å². The van der Waals surface area contributed by atoms with Gasteiger partial charge < -0.3 is 10.0 Å². The van der Waals surface area contributed by atoms with E-state index in [-0.39, 0.29) is 25.7 Å². The standard InChI is InChI=1S/C34H33N3O4/c1-25(29-20-12-5-13-21-29)36(22-26-14-6-2-7-15-26)32(38)30-31(33(39)40)37(34(41)35-30,23-27-16-8-3-9-17-27)24-28-18-10-4-11-19-28/h2-21,25,30-31H,22-24H2,1H3,(H-,35,39,40,41)/p+1. The Hall–Kier alpha value is -4.75. The first kappa shape index (κ1) is 27.8. The number of carbonyl (C=O) groups is 3. The second-order valence-corrected chi connectivity index (χ2v) is 10.6. The van der Waals surface area contributed by atoms with Gasteiger partial charge in [0.2, 0.25) is 6.04 Å². The highest BCUT2D eigenvalue weighted by atomic mass is 16.4. The number of aliphatic carboxylic acids is 1. The normalized spacial score (nSPS) is 18.3. The lowest BCUT2D eigenvalue weighted by Gasteiger charge is -2.36. The molecule has 5 rings (SSSR count). The number of hydrogen-bond acceptors (Lipinski definition) is 3. The van der Waals surface area contributed by atoms with Crippen molar-refractivity contribution in [3.05, 3.63) is 144 Å². The van der Waals surface area contributed by atoms with Crippen LogP contribution in [0.5, 0.6) is 0 Å². The Kier molecular flexibility index (Phi) is 8.26. The fourth-order valence-corrected chi connectivity index (χ4v) is 5.79. The fraction of sp³-hybridized carbons (Fsp3) is 0.206. The molecule has 3 unspecified atom stereocenters. The van der Waals surface area contributed by atoms with Crippen molar-refractivity contribution in [1.82, 2.24) is 10.2 Å². The minimum atomic E-state index is -1.34. The zero-order valence-corrected chi connectivity index (χ0v) is 23.0. The first-order valence-corrected chi connectivity index (χ1v) is 13.8. The van der Waals surface area contributed by atoms with Crippen molar-refractivity contribution in [2.75, 3.05) is 0 Å². The van der Waals surface area contributed by atoms with Gasteiger partial charge in [-0.05, 0) is 18.1 Å². The van der Waals surface area contributed by atoms with Gasteiger partial charge in [0.05, 0.1) is 6.04 Å². The number of urea groups is 1. The molecule has 1 heterocycles. The molecule has 2 N–H and O–H groups in total. The summed E-state index contributed by atoms with van der Waals surface area (Å²) in [6, 6.07) is 34.5.